The van der Waals surface area contributed by atoms with Crippen LogP contribution in [0.5, 0.6) is 0 Å². The smallest absolute Gasteiger partial charge is 0.330 e. The maximum atomic E-state index is 13.9. The summed E-state index contributed by atoms with van der Waals surface area (Å²) < 4.78 is 19.2. The van der Waals surface area contributed by atoms with E-state index in [1.807, 2.05) is 4.98 Å². The highest BCUT2D eigenvalue weighted by atomic mass is 19.1. The standard InChI is InChI=1S/C12H18FN2O6/c1-12(2,20)21-6-7(16)5-8(17)10(13)15-4-3-9(18)14-11(15)19/h3-4,7-8,10,16-17H,5-6H2,1-2H3,(H,14,18,19)/q-1. The van der Waals surface area contributed by atoms with Gasteiger partial charge >= 0.3 is 5.69 Å². The quantitative estimate of drug-likeness (QED) is 0.512. The van der Waals surface area contributed by atoms with Gasteiger partial charge in [-0.15, -0.1) is 0 Å². The van der Waals surface area contributed by atoms with Gasteiger partial charge in [-0.05, 0) is 5.79 Å². The van der Waals surface area contributed by atoms with Crippen molar-refractivity contribution in [3.8, 4) is 0 Å². The number of aliphatic hydroxyl groups is 2. The molecule has 0 fully saturated rings. The molecule has 0 saturated carbocycles. The van der Waals surface area contributed by atoms with E-state index in [-0.39, 0.29) is 6.61 Å². The highest BCUT2D eigenvalue weighted by molar-refractivity contribution is 4.85. The molecule has 3 atom stereocenters. The van der Waals surface area contributed by atoms with Crippen molar-refractivity contribution in [1.29, 1.82) is 0 Å². The minimum absolute atomic E-state index is 0.374. The summed E-state index contributed by atoms with van der Waals surface area (Å²) >= 11 is 0. The minimum atomic E-state index is -2.15. The zero-order chi connectivity index (χ0) is 16.2. The number of nitrogens with zero attached hydrogens (tertiary/aromatic N) is 1. The molecule has 0 aromatic carbocycles. The van der Waals surface area contributed by atoms with Crippen molar-refractivity contribution in [2.24, 2.45) is 0 Å². The number of hydrogen-bond acceptors (Lipinski definition) is 6. The summed E-state index contributed by atoms with van der Waals surface area (Å²) in [6.07, 6.45) is -4.67. The fourth-order valence-electron chi connectivity index (χ4n) is 1.56. The highest BCUT2D eigenvalue weighted by Gasteiger charge is 2.24. The lowest BCUT2D eigenvalue weighted by molar-refractivity contribution is -0.544. The Labute approximate surface area is 119 Å². The molecule has 0 radical (unpaired) electrons. The number of rotatable bonds is 7. The van der Waals surface area contributed by atoms with Crippen LogP contribution in [0, 0.1) is 0 Å². The summed E-state index contributed by atoms with van der Waals surface area (Å²) in [5, 5.41) is 30.4. The summed E-state index contributed by atoms with van der Waals surface area (Å²) in [6, 6.07) is 0.931. The average molecular weight is 305 g/mol. The second-order valence-electron chi connectivity index (χ2n) is 5.06. The van der Waals surface area contributed by atoms with Crippen molar-refractivity contribution < 1.29 is 24.4 Å². The lowest BCUT2D eigenvalue weighted by Crippen LogP contribution is -2.42. The van der Waals surface area contributed by atoms with Gasteiger partial charge in [-0.25, -0.2) is 9.18 Å². The third kappa shape index (κ3) is 5.76. The van der Waals surface area contributed by atoms with Crippen LogP contribution in [0.1, 0.15) is 26.6 Å². The fourth-order valence-corrected chi connectivity index (χ4v) is 1.56. The Hall–Kier alpha value is -1.55. The van der Waals surface area contributed by atoms with Gasteiger partial charge < -0.3 is 20.1 Å². The number of alkyl halides is 1. The molecule has 1 aromatic rings. The Morgan fingerprint density at radius 1 is 1.48 bits per heavy atom. The van der Waals surface area contributed by atoms with Gasteiger partial charge in [0.25, 0.3) is 5.56 Å². The maximum absolute atomic E-state index is 13.9. The van der Waals surface area contributed by atoms with Crippen LogP contribution in [0.3, 0.4) is 0 Å². The average Bonchev–Trinajstić information content (AvgIpc) is 2.34. The Bertz CT molecular complexity index is 564. The van der Waals surface area contributed by atoms with Gasteiger partial charge in [0, 0.05) is 18.7 Å². The van der Waals surface area contributed by atoms with E-state index in [1.165, 1.54) is 13.8 Å². The highest BCUT2D eigenvalue weighted by Crippen LogP contribution is 2.16. The molecule has 0 amide bonds. The number of aliphatic hydroxyl groups excluding tert-OH is 2. The molecule has 1 rings (SSSR count). The van der Waals surface area contributed by atoms with Gasteiger partial charge in [0.05, 0.1) is 12.7 Å². The zero-order valence-corrected chi connectivity index (χ0v) is 11.7. The molecule has 9 heteroatoms. The van der Waals surface area contributed by atoms with Gasteiger partial charge in [-0.3, -0.25) is 14.3 Å². The molecule has 21 heavy (non-hydrogen) atoms. The van der Waals surface area contributed by atoms with Crippen molar-refractivity contribution in [3.05, 3.63) is 33.1 Å². The van der Waals surface area contributed by atoms with Crippen LogP contribution in [0.2, 0.25) is 0 Å². The van der Waals surface area contributed by atoms with E-state index in [0.29, 0.717) is 4.57 Å². The molecule has 0 bridgehead atoms. The Morgan fingerprint density at radius 2 is 2.10 bits per heavy atom. The largest absolute Gasteiger partial charge is 0.829 e. The molecule has 8 nitrogen and oxygen atoms in total. The van der Waals surface area contributed by atoms with E-state index in [2.05, 4.69) is 0 Å². The number of halogens is 1. The fraction of sp³-hybridized carbons (Fsp3) is 0.667. The molecule has 0 aliphatic carbocycles. The number of H-pyrrole nitrogens is 1. The molecular formula is C12H18FN2O6-. The number of aromatic amines is 1. The second kappa shape index (κ2) is 6.94. The first-order chi connectivity index (χ1) is 9.60. The van der Waals surface area contributed by atoms with E-state index in [9.17, 15) is 29.3 Å². The summed E-state index contributed by atoms with van der Waals surface area (Å²) in [4.78, 5) is 24.1. The van der Waals surface area contributed by atoms with Crippen LogP contribution in [-0.4, -0.2) is 44.4 Å². The van der Waals surface area contributed by atoms with E-state index in [0.717, 1.165) is 12.3 Å². The molecule has 0 aliphatic rings. The van der Waals surface area contributed by atoms with Crippen molar-refractivity contribution in [2.75, 3.05) is 6.61 Å². The molecule has 0 aliphatic heterocycles. The van der Waals surface area contributed by atoms with Gasteiger partial charge in [0.15, 0.2) is 0 Å². The number of aromatic nitrogens is 2. The first-order valence-electron chi connectivity index (χ1n) is 6.26. The molecule has 0 spiro atoms. The monoisotopic (exact) mass is 305 g/mol. The molecule has 3 N–H and O–H groups in total. The topological polar surface area (TPSA) is 128 Å². The third-order valence-corrected chi connectivity index (χ3v) is 2.57. The third-order valence-electron chi connectivity index (χ3n) is 2.57. The molecular weight excluding hydrogens is 287 g/mol. The lowest BCUT2D eigenvalue weighted by atomic mass is 10.1. The molecule has 3 unspecified atom stereocenters. The van der Waals surface area contributed by atoms with Gasteiger partial charge in [0.1, 0.15) is 6.10 Å². The Balaban J connectivity index is 2.64. The van der Waals surface area contributed by atoms with Gasteiger partial charge in [-0.2, -0.15) is 0 Å². The van der Waals surface area contributed by atoms with Crippen LogP contribution in [0.15, 0.2) is 21.9 Å². The number of ether oxygens (including phenoxy) is 1. The van der Waals surface area contributed by atoms with Crippen LogP contribution in [0.4, 0.5) is 4.39 Å². The van der Waals surface area contributed by atoms with Crippen molar-refractivity contribution in [1.82, 2.24) is 9.55 Å². The molecule has 120 valence electrons. The normalized spacial score (nSPS) is 16.5. The van der Waals surface area contributed by atoms with Crippen LogP contribution in [0.25, 0.3) is 0 Å². The first kappa shape index (κ1) is 17.5. The minimum Gasteiger partial charge on any atom is -0.829 e. The van der Waals surface area contributed by atoms with E-state index < -0.39 is 42.0 Å². The Morgan fingerprint density at radius 3 is 2.62 bits per heavy atom. The SMILES string of the molecule is CC(C)([O-])OCC(O)CC(O)C(F)n1ccc(=O)[nH]c1=O. The van der Waals surface area contributed by atoms with Crippen molar-refractivity contribution >= 4 is 0 Å². The molecule has 1 aromatic heterocycles. The molecule has 1 heterocycles. The number of nitrogens with one attached hydrogen (secondary N) is 1. The van der Waals surface area contributed by atoms with E-state index in [1.54, 1.807) is 0 Å². The zero-order valence-electron chi connectivity index (χ0n) is 11.7. The van der Waals surface area contributed by atoms with Gasteiger partial charge in [-0.1, -0.05) is 13.8 Å². The number of hydrogen-bond donors (Lipinski definition) is 3. The van der Waals surface area contributed by atoms with Gasteiger partial charge in [0.2, 0.25) is 6.30 Å². The summed E-state index contributed by atoms with van der Waals surface area (Å²) in [5.41, 5.74) is -1.70. The second-order valence-corrected chi connectivity index (χ2v) is 5.06. The van der Waals surface area contributed by atoms with E-state index in [4.69, 9.17) is 4.74 Å². The van der Waals surface area contributed by atoms with Crippen molar-refractivity contribution in [2.45, 2.75) is 44.6 Å². The predicted molar refractivity (Wildman–Crippen MR) is 68.1 cm³/mol. The van der Waals surface area contributed by atoms with Crippen LogP contribution in [-0.2, 0) is 4.74 Å². The molecule has 0 saturated heterocycles. The predicted octanol–water partition coefficient (Wildman–Crippen LogP) is -1.77. The van der Waals surface area contributed by atoms with Crippen LogP contribution < -0.4 is 16.4 Å². The summed E-state index contributed by atoms with van der Waals surface area (Å²) in [5.74, 6) is -1.71. The lowest BCUT2D eigenvalue weighted by Gasteiger charge is -2.33. The summed E-state index contributed by atoms with van der Waals surface area (Å²) in [6.45, 7) is 2.11. The maximum Gasteiger partial charge on any atom is 0.330 e. The van der Waals surface area contributed by atoms with Crippen molar-refractivity contribution in [3.63, 3.8) is 0 Å². The van der Waals surface area contributed by atoms with E-state index >= 15 is 0 Å². The van der Waals surface area contributed by atoms with Crippen LogP contribution >= 0.6 is 0 Å². The Kier molecular flexibility index (Phi) is 5.78. The first-order valence-corrected chi connectivity index (χ1v) is 6.26. The summed E-state index contributed by atoms with van der Waals surface area (Å²) in [7, 11) is 0.